The highest BCUT2D eigenvalue weighted by Crippen LogP contribution is 2.14. The fourth-order valence-corrected chi connectivity index (χ4v) is 1.50. The van der Waals surface area contributed by atoms with Crippen LogP contribution in [0, 0.1) is 5.82 Å². The van der Waals surface area contributed by atoms with Gasteiger partial charge in [-0.15, -0.1) is 0 Å². The SMILES string of the molecule is CC[C@H](N)Cn1ccc(-c2ccc(F)cn2)n1. The van der Waals surface area contributed by atoms with Gasteiger partial charge >= 0.3 is 0 Å². The zero-order valence-corrected chi connectivity index (χ0v) is 9.68. The third-order valence-electron chi connectivity index (χ3n) is 2.58. The first-order valence-corrected chi connectivity index (χ1v) is 5.60. The highest BCUT2D eigenvalue weighted by atomic mass is 19.1. The molecule has 0 saturated carbocycles. The molecule has 0 amide bonds. The summed E-state index contributed by atoms with van der Waals surface area (Å²) < 4.78 is 14.5. The van der Waals surface area contributed by atoms with Gasteiger partial charge in [-0.2, -0.15) is 5.10 Å². The molecule has 0 fully saturated rings. The largest absolute Gasteiger partial charge is 0.326 e. The molecule has 2 rings (SSSR count). The van der Waals surface area contributed by atoms with Gasteiger partial charge in [0.2, 0.25) is 0 Å². The highest BCUT2D eigenvalue weighted by Gasteiger charge is 2.06. The monoisotopic (exact) mass is 234 g/mol. The second-order valence-electron chi connectivity index (χ2n) is 3.95. The Balaban J connectivity index is 2.15. The lowest BCUT2D eigenvalue weighted by molar-refractivity contribution is 0.501. The van der Waals surface area contributed by atoms with Gasteiger partial charge < -0.3 is 5.73 Å². The molecule has 0 bridgehead atoms. The van der Waals surface area contributed by atoms with Crippen LogP contribution in [0.2, 0.25) is 0 Å². The van der Waals surface area contributed by atoms with E-state index in [4.69, 9.17) is 5.73 Å². The van der Waals surface area contributed by atoms with Crippen molar-refractivity contribution in [2.75, 3.05) is 0 Å². The molecule has 0 aliphatic carbocycles. The smallest absolute Gasteiger partial charge is 0.141 e. The molecule has 4 nitrogen and oxygen atoms in total. The summed E-state index contributed by atoms with van der Waals surface area (Å²) in [5.41, 5.74) is 7.24. The van der Waals surface area contributed by atoms with Gasteiger partial charge in [0, 0.05) is 12.2 Å². The standard InChI is InChI=1S/C12H15FN4/c1-2-10(14)8-17-6-5-12(16-17)11-4-3-9(13)7-15-11/h3-7,10H,2,8,14H2,1H3/t10-/m0/s1. The summed E-state index contributed by atoms with van der Waals surface area (Å²) in [6.07, 6.45) is 3.95. The van der Waals surface area contributed by atoms with Crippen LogP contribution in [-0.4, -0.2) is 20.8 Å². The molecule has 2 aromatic heterocycles. The zero-order chi connectivity index (χ0) is 12.3. The summed E-state index contributed by atoms with van der Waals surface area (Å²) >= 11 is 0. The fraction of sp³-hybridized carbons (Fsp3) is 0.333. The van der Waals surface area contributed by atoms with E-state index in [2.05, 4.69) is 10.1 Å². The van der Waals surface area contributed by atoms with Gasteiger partial charge in [0.15, 0.2) is 0 Å². The summed E-state index contributed by atoms with van der Waals surface area (Å²) in [6.45, 7) is 2.72. The Morgan fingerprint density at radius 2 is 2.18 bits per heavy atom. The van der Waals surface area contributed by atoms with Crippen molar-refractivity contribution in [3.8, 4) is 11.4 Å². The van der Waals surface area contributed by atoms with Crippen LogP contribution >= 0.6 is 0 Å². The number of rotatable bonds is 4. The van der Waals surface area contributed by atoms with E-state index in [0.717, 1.165) is 12.1 Å². The summed E-state index contributed by atoms with van der Waals surface area (Å²) in [5.74, 6) is -0.346. The minimum Gasteiger partial charge on any atom is -0.326 e. The first kappa shape index (κ1) is 11.7. The quantitative estimate of drug-likeness (QED) is 0.877. The van der Waals surface area contributed by atoms with Crippen molar-refractivity contribution >= 4 is 0 Å². The van der Waals surface area contributed by atoms with Crippen molar-refractivity contribution in [3.05, 3.63) is 36.4 Å². The minimum absolute atomic E-state index is 0.101. The predicted octanol–water partition coefficient (Wildman–Crippen LogP) is 1.82. The Hall–Kier alpha value is -1.75. The number of aromatic nitrogens is 3. The lowest BCUT2D eigenvalue weighted by Crippen LogP contribution is -2.25. The molecular weight excluding hydrogens is 219 g/mol. The van der Waals surface area contributed by atoms with Crippen LogP contribution in [0.1, 0.15) is 13.3 Å². The van der Waals surface area contributed by atoms with Crippen molar-refractivity contribution < 1.29 is 4.39 Å². The van der Waals surface area contributed by atoms with E-state index >= 15 is 0 Å². The average molecular weight is 234 g/mol. The topological polar surface area (TPSA) is 56.7 Å². The molecule has 0 saturated heterocycles. The van der Waals surface area contributed by atoms with Crippen molar-refractivity contribution in [2.24, 2.45) is 5.73 Å². The molecule has 2 N–H and O–H groups in total. The number of pyridine rings is 1. The Morgan fingerprint density at radius 3 is 2.82 bits per heavy atom. The van der Waals surface area contributed by atoms with Crippen LogP contribution in [0.3, 0.4) is 0 Å². The van der Waals surface area contributed by atoms with Gasteiger partial charge in [0.05, 0.1) is 18.4 Å². The van der Waals surface area contributed by atoms with E-state index in [9.17, 15) is 4.39 Å². The Morgan fingerprint density at radius 1 is 1.35 bits per heavy atom. The number of halogens is 1. The zero-order valence-electron chi connectivity index (χ0n) is 9.68. The first-order chi connectivity index (χ1) is 8.19. The molecule has 0 aromatic carbocycles. The number of nitrogens with zero attached hydrogens (tertiary/aromatic N) is 3. The van der Waals surface area contributed by atoms with Crippen molar-refractivity contribution in [1.82, 2.24) is 14.8 Å². The summed E-state index contributed by atoms with van der Waals surface area (Å²) in [6, 6.07) is 4.94. The lowest BCUT2D eigenvalue weighted by Gasteiger charge is -2.07. The highest BCUT2D eigenvalue weighted by molar-refractivity contribution is 5.52. The summed E-state index contributed by atoms with van der Waals surface area (Å²) in [5, 5.41) is 4.35. The third-order valence-corrected chi connectivity index (χ3v) is 2.58. The van der Waals surface area contributed by atoms with Crippen molar-refractivity contribution in [2.45, 2.75) is 25.9 Å². The normalized spacial score (nSPS) is 12.6. The molecule has 5 heteroatoms. The third kappa shape index (κ3) is 2.88. The van der Waals surface area contributed by atoms with E-state index in [1.54, 1.807) is 10.7 Å². The van der Waals surface area contributed by atoms with Gasteiger partial charge in [-0.05, 0) is 24.6 Å². The molecule has 0 spiro atoms. The molecule has 17 heavy (non-hydrogen) atoms. The molecule has 90 valence electrons. The number of hydrogen-bond acceptors (Lipinski definition) is 3. The predicted molar refractivity (Wildman–Crippen MR) is 63.7 cm³/mol. The fourth-order valence-electron chi connectivity index (χ4n) is 1.50. The maximum Gasteiger partial charge on any atom is 0.141 e. The summed E-state index contributed by atoms with van der Waals surface area (Å²) in [7, 11) is 0. The van der Waals surface area contributed by atoms with E-state index < -0.39 is 0 Å². The van der Waals surface area contributed by atoms with Crippen LogP contribution in [0.5, 0.6) is 0 Å². The lowest BCUT2D eigenvalue weighted by atomic mass is 10.2. The van der Waals surface area contributed by atoms with Gasteiger partial charge in [-0.3, -0.25) is 9.67 Å². The van der Waals surface area contributed by atoms with Crippen LogP contribution in [0.4, 0.5) is 4.39 Å². The molecule has 0 radical (unpaired) electrons. The van der Waals surface area contributed by atoms with E-state index in [1.165, 1.54) is 12.3 Å². The number of nitrogens with two attached hydrogens (primary N) is 1. The average Bonchev–Trinajstić information content (AvgIpc) is 2.78. The molecule has 0 aliphatic rings. The van der Waals surface area contributed by atoms with Crippen LogP contribution in [0.25, 0.3) is 11.4 Å². The maximum absolute atomic E-state index is 12.7. The molecule has 0 unspecified atom stereocenters. The Kier molecular flexibility index (Phi) is 3.49. The second-order valence-corrected chi connectivity index (χ2v) is 3.95. The first-order valence-electron chi connectivity index (χ1n) is 5.60. The maximum atomic E-state index is 12.7. The Bertz CT molecular complexity index is 478. The molecular formula is C12H15FN4. The second kappa shape index (κ2) is 5.05. The van der Waals surface area contributed by atoms with E-state index in [0.29, 0.717) is 12.2 Å². The number of hydrogen-bond donors (Lipinski definition) is 1. The molecule has 0 aliphatic heterocycles. The van der Waals surface area contributed by atoms with Gasteiger partial charge in [0.25, 0.3) is 0 Å². The minimum atomic E-state index is -0.346. The van der Waals surface area contributed by atoms with Gasteiger partial charge in [-0.25, -0.2) is 4.39 Å². The van der Waals surface area contributed by atoms with E-state index in [-0.39, 0.29) is 11.9 Å². The Labute approximate surface area is 99.3 Å². The molecule has 2 heterocycles. The summed E-state index contributed by atoms with van der Waals surface area (Å²) in [4.78, 5) is 3.98. The van der Waals surface area contributed by atoms with Crippen LogP contribution in [-0.2, 0) is 6.54 Å². The van der Waals surface area contributed by atoms with Crippen LogP contribution in [0.15, 0.2) is 30.6 Å². The van der Waals surface area contributed by atoms with Crippen LogP contribution < -0.4 is 5.73 Å². The molecule has 1 atom stereocenters. The van der Waals surface area contributed by atoms with E-state index in [1.807, 2.05) is 19.2 Å². The van der Waals surface area contributed by atoms with Gasteiger partial charge in [0.1, 0.15) is 11.5 Å². The molecule has 2 aromatic rings. The van der Waals surface area contributed by atoms with Gasteiger partial charge in [-0.1, -0.05) is 6.92 Å². The van der Waals surface area contributed by atoms with Crippen molar-refractivity contribution in [3.63, 3.8) is 0 Å². The van der Waals surface area contributed by atoms with Crippen molar-refractivity contribution in [1.29, 1.82) is 0 Å².